The molecule has 0 aliphatic carbocycles. The third-order valence-electron chi connectivity index (χ3n) is 6.82. The quantitative estimate of drug-likeness (QED) is 0.187. The number of carbonyl (C=O) groups is 2. The number of primary amides is 1. The maximum atomic E-state index is 14.0. The minimum Gasteiger partial charge on any atom is -0.376 e. The highest BCUT2D eigenvalue weighted by Crippen LogP contribution is 2.35. The number of piperazine rings is 1. The summed E-state index contributed by atoms with van der Waals surface area (Å²) in [6.45, 7) is 3.95. The number of rotatable bonds is 11. The number of anilines is 1. The number of hydrogen-bond donors (Lipinski definition) is 1. The lowest BCUT2D eigenvalue weighted by molar-refractivity contribution is -0.126. The van der Waals surface area contributed by atoms with Gasteiger partial charge in [-0.05, 0) is 48.4 Å². The highest BCUT2D eigenvalue weighted by atomic mass is 19.1. The van der Waals surface area contributed by atoms with Gasteiger partial charge >= 0.3 is 0 Å². The first-order valence-corrected chi connectivity index (χ1v) is 13.0. The second-order valence-electron chi connectivity index (χ2n) is 9.66. The molecule has 42 heavy (non-hydrogen) atoms. The lowest BCUT2D eigenvalue weighted by Crippen LogP contribution is -2.58. The van der Waals surface area contributed by atoms with Crippen LogP contribution in [0.25, 0.3) is 5.70 Å². The summed E-state index contributed by atoms with van der Waals surface area (Å²) in [5, 5.41) is 19.3. The molecule has 1 aliphatic heterocycles. The van der Waals surface area contributed by atoms with E-state index in [2.05, 4.69) is 11.6 Å². The maximum absolute atomic E-state index is 14.0. The molecule has 9 nitrogen and oxygen atoms in total. The number of aromatic nitrogens is 1. The van der Waals surface area contributed by atoms with Crippen LogP contribution in [0.1, 0.15) is 29.4 Å². The Bertz CT molecular complexity index is 1500. The molecule has 1 amide bonds. The van der Waals surface area contributed by atoms with Gasteiger partial charge in [-0.3, -0.25) is 14.5 Å². The van der Waals surface area contributed by atoms with E-state index in [0.717, 1.165) is 0 Å². The van der Waals surface area contributed by atoms with Crippen LogP contribution in [0.2, 0.25) is 0 Å². The van der Waals surface area contributed by atoms with Crippen molar-refractivity contribution in [3.05, 3.63) is 101 Å². The van der Waals surface area contributed by atoms with Gasteiger partial charge in [-0.1, -0.05) is 30.9 Å². The molecule has 0 spiro atoms. The van der Waals surface area contributed by atoms with Crippen molar-refractivity contribution in [2.24, 2.45) is 5.73 Å². The van der Waals surface area contributed by atoms with E-state index in [4.69, 9.17) is 5.73 Å². The van der Waals surface area contributed by atoms with Crippen molar-refractivity contribution in [3.63, 3.8) is 0 Å². The molecular weight excluding hydrogens is 540 g/mol. The highest BCUT2D eigenvalue weighted by molar-refractivity contribution is 5.94. The fourth-order valence-corrected chi connectivity index (χ4v) is 4.88. The average Bonchev–Trinajstić information content (AvgIpc) is 2.98. The Kier molecular flexibility index (Phi) is 10.8. The van der Waals surface area contributed by atoms with E-state index in [-0.39, 0.29) is 48.7 Å². The van der Waals surface area contributed by atoms with Crippen LogP contribution in [0.4, 0.5) is 14.5 Å². The van der Waals surface area contributed by atoms with Gasteiger partial charge in [0.15, 0.2) is 6.29 Å². The maximum Gasteiger partial charge on any atom is 0.236 e. The van der Waals surface area contributed by atoms with Gasteiger partial charge in [-0.2, -0.15) is 10.5 Å². The molecule has 0 radical (unpaired) electrons. The highest BCUT2D eigenvalue weighted by Gasteiger charge is 2.38. The third kappa shape index (κ3) is 7.33. The lowest BCUT2D eigenvalue weighted by atomic mass is 9.96. The van der Waals surface area contributed by atoms with Crippen LogP contribution < -0.4 is 10.6 Å². The van der Waals surface area contributed by atoms with Gasteiger partial charge in [0.2, 0.25) is 5.91 Å². The fourth-order valence-electron chi connectivity index (χ4n) is 4.88. The average molecular weight is 572 g/mol. The number of benzene rings is 1. The van der Waals surface area contributed by atoms with Crippen molar-refractivity contribution in [3.8, 4) is 12.1 Å². The summed E-state index contributed by atoms with van der Waals surface area (Å²) in [7, 11) is 3.52. The Morgan fingerprint density at radius 3 is 2.52 bits per heavy atom. The Hall–Kier alpha value is -5.13. The Labute approximate surface area is 243 Å². The molecule has 0 bridgehead atoms. The SMILES string of the molecule is C=C/C=C(F)\C=C/CC(c1ccc(F)cc1)N1CCN(/C(=C(\C#N)C=O)c2nc(C#N)ccc2N(C)C)CC1C(N)=O. The van der Waals surface area contributed by atoms with E-state index in [9.17, 15) is 28.9 Å². The zero-order valence-corrected chi connectivity index (χ0v) is 23.4. The molecule has 2 unspecified atom stereocenters. The standard InChI is InChI=1S/C31H31F2N7O2/c1-4-6-23(32)7-5-8-26(21-9-11-24(33)12-10-21)40-16-15-39(19-28(40)31(36)42)30(22(17-34)20-41)29-27(38(2)3)14-13-25(18-35)37-29/h4-7,9-14,20,26,28H,1,8,15-16,19H2,2-3H3,(H2,36,42)/b7-5-,23-6+,30-22+. The molecule has 0 saturated carbocycles. The van der Waals surface area contributed by atoms with E-state index in [1.165, 1.54) is 36.4 Å². The molecule has 216 valence electrons. The van der Waals surface area contributed by atoms with E-state index < -0.39 is 29.6 Å². The molecule has 2 atom stereocenters. The largest absolute Gasteiger partial charge is 0.376 e. The Morgan fingerprint density at radius 1 is 1.24 bits per heavy atom. The van der Waals surface area contributed by atoms with Gasteiger partial charge in [0, 0.05) is 39.8 Å². The van der Waals surface area contributed by atoms with E-state index >= 15 is 0 Å². The first-order valence-electron chi connectivity index (χ1n) is 13.0. The molecule has 1 aromatic heterocycles. The van der Waals surface area contributed by atoms with E-state index in [0.29, 0.717) is 17.5 Å². The second-order valence-corrected chi connectivity index (χ2v) is 9.66. The summed E-state index contributed by atoms with van der Waals surface area (Å²) in [6.07, 6.45) is 6.11. The number of halogens is 2. The first-order chi connectivity index (χ1) is 20.1. The molecular formula is C31H31F2N7O2. The molecule has 1 aliphatic rings. The predicted molar refractivity (Wildman–Crippen MR) is 155 cm³/mol. The van der Waals surface area contributed by atoms with E-state index in [1.54, 1.807) is 48.2 Å². The van der Waals surface area contributed by atoms with Crippen molar-refractivity contribution < 1.29 is 18.4 Å². The second kappa shape index (κ2) is 14.5. The summed E-state index contributed by atoms with van der Waals surface area (Å²) in [5.41, 5.74) is 7.42. The number of nitriles is 2. The topological polar surface area (TPSA) is 130 Å². The molecule has 3 rings (SSSR count). The fraction of sp³-hybridized carbons (Fsp3) is 0.258. The number of allylic oxidation sites excluding steroid dienone is 5. The molecule has 1 aromatic carbocycles. The van der Waals surface area contributed by atoms with Crippen molar-refractivity contribution in [1.82, 2.24) is 14.8 Å². The molecule has 1 fully saturated rings. The minimum atomic E-state index is -0.917. The summed E-state index contributed by atoms with van der Waals surface area (Å²) >= 11 is 0. The predicted octanol–water partition coefficient (Wildman–Crippen LogP) is 3.79. The number of carbonyl (C=O) groups excluding carboxylic acids is 2. The number of nitrogens with zero attached hydrogens (tertiary/aromatic N) is 6. The summed E-state index contributed by atoms with van der Waals surface area (Å²) in [4.78, 5) is 34.6. The van der Waals surface area contributed by atoms with Crippen LogP contribution in [-0.2, 0) is 9.59 Å². The summed E-state index contributed by atoms with van der Waals surface area (Å²) < 4.78 is 27.8. The van der Waals surface area contributed by atoms with E-state index in [1.807, 2.05) is 17.0 Å². The zero-order chi connectivity index (χ0) is 30.8. The van der Waals surface area contributed by atoms with Crippen molar-refractivity contribution in [1.29, 1.82) is 10.5 Å². The summed E-state index contributed by atoms with van der Waals surface area (Å²) in [5.74, 6) is -1.60. The van der Waals surface area contributed by atoms with Gasteiger partial charge in [0.05, 0.1) is 11.4 Å². The molecule has 11 heteroatoms. The van der Waals surface area contributed by atoms with Crippen LogP contribution in [0.5, 0.6) is 0 Å². The smallest absolute Gasteiger partial charge is 0.236 e. The van der Waals surface area contributed by atoms with Crippen LogP contribution in [0, 0.1) is 28.5 Å². The molecule has 2 heterocycles. The number of aldehydes is 1. The monoisotopic (exact) mass is 571 g/mol. The minimum absolute atomic E-state index is 0.0127. The molecule has 2 aromatic rings. The van der Waals surface area contributed by atoms with Crippen LogP contribution in [0.3, 0.4) is 0 Å². The Morgan fingerprint density at radius 2 is 1.95 bits per heavy atom. The van der Waals surface area contributed by atoms with Gasteiger partial charge < -0.3 is 15.5 Å². The van der Waals surface area contributed by atoms with Crippen LogP contribution in [0.15, 0.2) is 78.7 Å². The molecule has 1 saturated heterocycles. The van der Waals surface area contributed by atoms with Crippen LogP contribution in [-0.4, -0.2) is 66.7 Å². The van der Waals surface area contributed by atoms with Crippen molar-refractivity contribution in [2.75, 3.05) is 38.6 Å². The number of pyridine rings is 1. The van der Waals surface area contributed by atoms with Crippen molar-refractivity contribution >= 4 is 23.6 Å². The van der Waals surface area contributed by atoms with Crippen LogP contribution >= 0.6 is 0 Å². The van der Waals surface area contributed by atoms with Crippen molar-refractivity contribution in [2.45, 2.75) is 18.5 Å². The summed E-state index contributed by atoms with van der Waals surface area (Å²) in [6, 6.07) is 11.5. The Balaban J connectivity index is 2.09. The van der Waals surface area contributed by atoms with Gasteiger partial charge in [-0.15, -0.1) is 0 Å². The number of amides is 1. The van der Waals surface area contributed by atoms with Gasteiger partial charge in [0.1, 0.15) is 46.8 Å². The third-order valence-corrected chi connectivity index (χ3v) is 6.82. The number of hydrogen-bond acceptors (Lipinski definition) is 8. The van der Waals surface area contributed by atoms with Gasteiger partial charge in [-0.25, -0.2) is 13.8 Å². The number of nitrogens with two attached hydrogens (primary N) is 1. The first kappa shape index (κ1) is 31.4. The lowest BCUT2D eigenvalue weighted by Gasteiger charge is -2.45. The van der Waals surface area contributed by atoms with Gasteiger partial charge in [0.25, 0.3) is 0 Å². The normalized spacial score (nSPS) is 17.1. The zero-order valence-electron chi connectivity index (χ0n) is 23.4. The molecule has 2 N–H and O–H groups in total.